The van der Waals surface area contributed by atoms with E-state index in [1.807, 2.05) is 6.07 Å². The molecule has 1 aromatic carbocycles. The van der Waals surface area contributed by atoms with E-state index in [4.69, 9.17) is 5.73 Å². The average Bonchev–Trinajstić information content (AvgIpc) is 2.29. The molecule has 0 aromatic heterocycles. The first-order chi connectivity index (χ1) is 7.75. The maximum absolute atomic E-state index is 5.97. The van der Waals surface area contributed by atoms with Crippen molar-refractivity contribution in [2.24, 2.45) is 5.92 Å². The van der Waals surface area contributed by atoms with Gasteiger partial charge in [-0.15, -0.1) is 0 Å². The van der Waals surface area contributed by atoms with Crippen LogP contribution >= 0.6 is 0 Å². The molecule has 88 valence electrons. The van der Waals surface area contributed by atoms with Gasteiger partial charge >= 0.3 is 0 Å². The first-order valence-corrected chi connectivity index (χ1v) is 6.36. The topological polar surface area (TPSA) is 38.0 Å². The molecule has 0 unspecified atom stereocenters. The van der Waals surface area contributed by atoms with Gasteiger partial charge in [0, 0.05) is 6.54 Å². The number of nitrogens with two attached hydrogens (primary N) is 1. The zero-order chi connectivity index (χ0) is 11.4. The van der Waals surface area contributed by atoms with Crippen molar-refractivity contribution in [3.8, 4) is 0 Å². The molecule has 0 saturated heterocycles. The molecule has 0 radical (unpaired) electrons. The minimum Gasteiger partial charge on any atom is -0.397 e. The Morgan fingerprint density at radius 3 is 2.69 bits per heavy atom. The molecule has 0 atom stereocenters. The maximum Gasteiger partial charge on any atom is 0.0574 e. The van der Waals surface area contributed by atoms with Crippen molar-refractivity contribution in [2.75, 3.05) is 17.6 Å². The highest BCUT2D eigenvalue weighted by Crippen LogP contribution is 2.25. The number of hydrogen-bond donors (Lipinski definition) is 2. The summed E-state index contributed by atoms with van der Waals surface area (Å²) in [4.78, 5) is 0. The third-order valence-corrected chi connectivity index (χ3v) is 3.51. The zero-order valence-corrected chi connectivity index (χ0v) is 10.1. The number of hydrogen-bond acceptors (Lipinski definition) is 2. The van der Waals surface area contributed by atoms with Crippen LogP contribution in [0.15, 0.2) is 18.2 Å². The number of rotatable bonds is 3. The highest BCUT2D eigenvalue weighted by atomic mass is 14.9. The third kappa shape index (κ3) is 2.91. The molecule has 0 bridgehead atoms. The van der Waals surface area contributed by atoms with Crippen molar-refractivity contribution < 1.29 is 0 Å². The summed E-state index contributed by atoms with van der Waals surface area (Å²) < 4.78 is 0. The van der Waals surface area contributed by atoms with E-state index in [0.717, 1.165) is 23.8 Å². The van der Waals surface area contributed by atoms with Crippen LogP contribution in [-0.2, 0) is 0 Å². The largest absolute Gasteiger partial charge is 0.397 e. The quantitative estimate of drug-likeness (QED) is 0.761. The summed E-state index contributed by atoms with van der Waals surface area (Å²) in [6.45, 7) is 3.15. The van der Waals surface area contributed by atoms with Gasteiger partial charge in [-0.2, -0.15) is 0 Å². The molecular weight excluding hydrogens is 196 g/mol. The number of nitrogens with one attached hydrogen (secondary N) is 1. The van der Waals surface area contributed by atoms with Crippen LogP contribution in [0.2, 0.25) is 0 Å². The number of benzene rings is 1. The highest BCUT2D eigenvalue weighted by molar-refractivity contribution is 5.66. The molecule has 3 N–H and O–H groups in total. The van der Waals surface area contributed by atoms with E-state index in [2.05, 4.69) is 24.4 Å². The monoisotopic (exact) mass is 218 g/mol. The fraction of sp³-hybridized carbons (Fsp3) is 0.571. The second-order valence-electron chi connectivity index (χ2n) is 4.98. The summed E-state index contributed by atoms with van der Waals surface area (Å²) in [6, 6.07) is 6.23. The van der Waals surface area contributed by atoms with Crippen molar-refractivity contribution in [2.45, 2.75) is 39.0 Å². The average molecular weight is 218 g/mol. The van der Waals surface area contributed by atoms with Crippen molar-refractivity contribution in [3.63, 3.8) is 0 Å². The van der Waals surface area contributed by atoms with Gasteiger partial charge < -0.3 is 11.1 Å². The Labute approximate surface area is 98.2 Å². The molecule has 1 fully saturated rings. The van der Waals surface area contributed by atoms with Gasteiger partial charge in [0.2, 0.25) is 0 Å². The molecule has 0 spiro atoms. The number of nitrogen functional groups attached to an aromatic ring is 1. The summed E-state index contributed by atoms with van der Waals surface area (Å²) in [5.74, 6) is 0.842. The first-order valence-electron chi connectivity index (χ1n) is 6.36. The predicted molar refractivity (Wildman–Crippen MR) is 70.7 cm³/mol. The van der Waals surface area contributed by atoms with Crippen molar-refractivity contribution in [1.29, 1.82) is 0 Å². The molecule has 16 heavy (non-hydrogen) atoms. The second kappa shape index (κ2) is 5.24. The molecule has 2 heteroatoms. The van der Waals surface area contributed by atoms with E-state index < -0.39 is 0 Å². The van der Waals surface area contributed by atoms with Gasteiger partial charge in [-0.1, -0.05) is 25.3 Å². The van der Waals surface area contributed by atoms with E-state index in [-0.39, 0.29) is 0 Å². The predicted octanol–water partition coefficient (Wildman–Crippen LogP) is 3.57. The third-order valence-electron chi connectivity index (χ3n) is 3.51. The summed E-state index contributed by atoms with van der Waals surface area (Å²) in [7, 11) is 0. The lowest BCUT2D eigenvalue weighted by Crippen LogP contribution is -2.17. The molecule has 2 rings (SSSR count). The van der Waals surface area contributed by atoms with Crippen LogP contribution in [-0.4, -0.2) is 6.54 Å². The lowest BCUT2D eigenvalue weighted by atomic mass is 9.89. The van der Waals surface area contributed by atoms with E-state index in [0.29, 0.717) is 0 Å². The molecule has 1 aliphatic carbocycles. The Balaban J connectivity index is 1.88. The minimum absolute atomic E-state index is 0.842. The fourth-order valence-corrected chi connectivity index (χ4v) is 2.49. The van der Waals surface area contributed by atoms with Crippen molar-refractivity contribution in [3.05, 3.63) is 23.8 Å². The van der Waals surface area contributed by atoms with Crippen LogP contribution in [0, 0.1) is 12.8 Å². The Morgan fingerprint density at radius 2 is 2.00 bits per heavy atom. The number of aryl methyl sites for hydroxylation is 1. The molecule has 2 nitrogen and oxygen atoms in total. The van der Waals surface area contributed by atoms with Crippen molar-refractivity contribution >= 4 is 11.4 Å². The van der Waals surface area contributed by atoms with Gasteiger partial charge in [0.1, 0.15) is 0 Å². The van der Waals surface area contributed by atoms with Crippen LogP contribution in [0.3, 0.4) is 0 Å². The second-order valence-corrected chi connectivity index (χ2v) is 4.98. The van der Waals surface area contributed by atoms with Crippen LogP contribution in [0.5, 0.6) is 0 Å². The molecule has 1 saturated carbocycles. The van der Waals surface area contributed by atoms with Gasteiger partial charge in [0.05, 0.1) is 11.4 Å². The zero-order valence-electron chi connectivity index (χ0n) is 10.1. The Morgan fingerprint density at radius 1 is 1.25 bits per heavy atom. The summed E-state index contributed by atoms with van der Waals surface area (Å²) in [5.41, 5.74) is 9.16. The van der Waals surface area contributed by atoms with E-state index in [1.54, 1.807) is 0 Å². The van der Waals surface area contributed by atoms with Gasteiger partial charge in [-0.05, 0) is 43.4 Å². The SMILES string of the molecule is Cc1ccc(NCC2CCCCC2)c(N)c1. The molecule has 0 heterocycles. The van der Waals surface area contributed by atoms with E-state index in [9.17, 15) is 0 Å². The van der Waals surface area contributed by atoms with Crippen molar-refractivity contribution in [1.82, 2.24) is 0 Å². The van der Waals surface area contributed by atoms with Crippen LogP contribution in [0.4, 0.5) is 11.4 Å². The molecular formula is C14H22N2. The van der Waals surface area contributed by atoms with E-state index in [1.165, 1.54) is 37.7 Å². The van der Waals surface area contributed by atoms with Crippen LogP contribution in [0.25, 0.3) is 0 Å². The number of anilines is 2. The molecule has 1 aliphatic rings. The van der Waals surface area contributed by atoms with Crippen LogP contribution in [0.1, 0.15) is 37.7 Å². The van der Waals surface area contributed by atoms with Gasteiger partial charge in [-0.3, -0.25) is 0 Å². The standard InChI is InChI=1S/C14H22N2/c1-11-7-8-14(13(15)9-11)16-10-12-5-3-2-4-6-12/h7-9,12,16H,2-6,10,15H2,1H3. The smallest absolute Gasteiger partial charge is 0.0574 e. The Bertz CT molecular complexity index is 341. The summed E-state index contributed by atoms with van der Waals surface area (Å²) in [5, 5.41) is 3.48. The van der Waals surface area contributed by atoms with Gasteiger partial charge in [0.15, 0.2) is 0 Å². The van der Waals surface area contributed by atoms with E-state index >= 15 is 0 Å². The minimum atomic E-state index is 0.842. The Hall–Kier alpha value is -1.18. The summed E-state index contributed by atoms with van der Waals surface area (Å²) >= 11 is 0. The first kappa shape index (κ1) is 11.3. The van der Waals surface area contributed by atoms with Crippen LogP contribution < -0.4 is 11.1 Å². The lowest BCUT2D eigenvalue weighted by molar-refractivity contribution is 0.373. The Kier molecular flexibility index (Phi) is 3.70. The highest BCUT2D eigenvalue weighted by Gasteiger charge is 2.13. The lowest BCUT2D eigenvalue weighted by Gasteiger charge is -2.22. The molecule has 0 amide bonds. The normalized spacial score (nSPS) is 17.3. The fourth-order valence-electron chi connectivity index (χ4n) is 2.49. The van der Waals surface area contributed by atoms with Gasteiger partial charge in [0.25, 0.3) is 0 Å². The summed E-state index contributed by atoms with van der Waals surface area (Å²) in [6.07, 6.45) is 6.96. The van der Waals surface area contributed by atoms with Gasteiger partial charge in [-0.25, -0.2) is 0 Å². The molecule has 1 aromatic rings. The maximum atomic E-state index is 5.97. The molecule has 0 aliphatic heterocycles.